The van der Waals surface area contributed by atoms with Crippen LogP contribution < -0.4 is 15.0 Å². The number of ether oxygens (including phenoxy) is 1. The van der Waals surface area contributed by atoms with Gasteiger partial charge >= 0.3 is 6.01 Å². The number of phenolic OH excluding ortho intramolecular Hbond substituents is 1. The Bertz CT molecular complexity index is 1950. The third-order valence-electron chi connectivity index (χ3n) is 10.9. The molecule has 3 aromatic rings. The molecule has 5 fully saturated rings. The number of aromatic hydroxyl groups is 1. The standard InChI is InChI=1S/C35H35F3N6O3S/c1-2-25-27(37)9-4-19-12-24(45)13-26(28(19)25)31-29(38)30-32(48(46)44(31)23-7-8-23)33(42-16-21-5-6-22(17-42)39-21)41-34(40-30)47-18-35-10-3-11-43(35)15-20(36)14-35/h1,4,9,12-13,20-23,39,45H,3,5-8,10-11,14-18H2/t20-,21?,22?,35+,48?/m1/s1. The number of benzene rings is 2. The zero-order chi connectivity index (χ0) is 32.9. The van der Waals surface area contributed by atoms with Gasteiger partial charge in [-0.15, -0.1) is 6.42 Å². The van der Waals surface area contributed by atoms with Gasteiger partial charge in [0, 0.05) is 55.1 Å². The summed E-state index contributed by atoms with van der Waals surface area (Å²) in [5, 5.41) is 15.0. The van der Waals surface area contributed by atoms with Crippen molar-refractivity contribution in [3.63, 3.8) is 0 Å². The third-order valence-corrected chi connectivity index (χ3v) is 12.5. The van der Waals surface area contributed by atoms with Crippen molar-refractivity contribution in [3.8, 4) is 24.1 Å². The highest BCUT2D eigenvalue weighted by Crippen LogP contribution is 2.50. The maximum absolute atomic E-state index is 17.5. The summed E-state index contributed by atoms with van der Waals surface area (Å²) in [5.74, 6) is 1.13. The highest BCUT2D eigenvalue weighted by Gasteiger charge is 2.50. The van der Waals surface area contributed by atoms with Crippen molar-refractivity contribution in [3.05, 3.63) is 46.9 Å². The first-order valence-electron chi connectivity index (χ1n) is 16.7. The molecule has 1 aliphatic carbocycles. The maximum atomic E-state index is 17.5. The van der Waals surface area contributed by atoms with Gasteiger partial charge < -0.3 is 20.1 Å². The molecule has 5 aliphatic heterocycles. The van der Waals surface area contributed by atoms with Gasteiger partial charge in [0.2, 0.25) is 0 Å². The minimum absolute atomic E-state index is 0.0688. The number of fused-ring (bicyclic) bond motifs is 5. The van der Waals surface area contributed by atoms with Gasteiger partial charge in [0.05, 0.1) is 16.8 Å². The Balaban J connectivity index is 1.24. The highest BCUT2D eigenvalue weighted by atomic mass is 32.2. The molecule has 5 atom stereocenters. The second-order valence-corrected chi connectivity index (χ2v) is 15.3. The summed E-state index contributed by atoms with van der Waals surface area (Å²) in [6, 6.07) is 5.57. The lowest BCUT2D eigenvalue weighted by atomic mass is 9.95. The summed E-state index contributed by atoms with van der Waals surface area (Å²) in [7, 11) is -1.97. The molecule has 0 amide bonds. The lowest BCUT2D eigenvalue weighted by Gasteiger charge is -2.38. The summed E-state index contributed by atoms with van der Waals surface area (Å²) in [6.45, 7) is 2.50. The van der Waals surface area contributed by atoms with Crippen LogP contribution >= 0.6 is 0 Å². The number of hydrogen-bond donors (Lipinski definition) is 2. The van der Waals surface area contributed by atoms with Crippen LogP contribution in [-0.2, 0) is 11.0 Å². The van der Waals surface area contributed by atoms with E-state index in [2.05, 4.69) is 26.0 Å². The van der Waals surface area contributed by atoms with Crippen molar-refractivity contribution in [2.24, 2.45) is 0 Å². The quantitative estimate of drug-likeness (QED) is 0.365. The van der Waals surface area contributed by atoms with Crippen LogP contribution in [-0.4, -0.2) is 91.1 Å². The first kappa shape index (κ1) is 30.2. The summed E-state index contributed by atoms with van der Waals surface area (Å²) in [6.07, 6.45) is 10.2. The van der Waals surface area contributed by atoms with E-state index in [9.17, 15) is 13.7 Å². The molecule has 250 valence electrons. The minimum atomic E-state index is -1.97. The van der Waals surface area contributed by atoms with Crippen LogP contribution in [0.15, 0.2) is 29.2 Å². The molecule has 4 saturated heterocycles. The van der Waals surface area contributed by atoms with Crippen LogP contribution in [0.1, 0.15) is 61.8 Å². The van der Waals surface area contributed by atoms with Crippen LogP contribution in [0.2, 0.25) is 0 Å². The second kappa shape index (κ2) is 11.1. The van der Waals surface area contributed by atoms with Crippen molar-refractivity contribution in [1.82, 2.24) is 24.5 Å². The van der Waals surface area contributed by atoms with Crippen LogP contribution in [0.4, 0.5) is 19.0 Å². The lowest BCUT2D eigenvalue weighted by Crippen LogP contribution is -2.52. The number of anilines is 1. The van der Waals surface area contributed by atoms with Crippen LogP contribution in [0.3, 0.4) is 0 Å². The van der Waals surface area contributed by atoms with Gasteiger partial charge in [-0.1, -0.05) is 12.0 Å². The lowest BCUT2D eigenvalue weighted by molar-refractivity contribution is 0.107. The number of phenols is 1. The van der Waals surface area contributed by atoms with Crippen LogP contribution in [0.25, 0.3) is 22.3 Å². The fourth-order valence-electron chi connectivity index (χ4n) is 8.63. The van der Waals surface area contributed by atoms with Gasteiger partial charge in [-0.2, -0.15) is 9.97 Å². The first-order valence-corrected chi connectivity index (χ1v) is 17.8. The van der Waals surface area contributed by atoms with Gasteiger partial charge in [-0.05, 0) is 68.7 Å². The van der Waals surface area contributed by atoms with Gasteiger partial charge in [-0.3, -0.25) is 9.21 Å². The number of aromatic nitrogens is 2. The molecule has 3 unspecified atom stereocenters. The summed E-state index contributed by atoms with van der Waals surface area (Å²) < 4.78 is 69.8. The normalized spacial score (nSPS) is 29.8. The number of nitrogens with zero attached hydrogens (tertiary/aromatic N) is 5. The first-order chi connectivity index (χ1) is 23.2. The number of halogens is 3. The molecule has 9 nitrogen and oxygen atoms in total. The second-order valence-electron chi connectivity index (χ2n) is 14.0. The molecule has 2 bridgehead atoms. The Morgan fingerprint density at radius 1 is 1.12 bits per heavy atom. The van der Waals surface area contributed by atoms with Crippen molar-refractivity contribution < 1.29 is 27.2 Å². The molecule has 6 heterocycles. The molecule has 0 radical (unpaired) electrons. The molecule has 48 heavy (non-hydrogen) atoms. The zero-order valence-electron chi connectivity index (χ0n) is 26.2. The molecule has 2 N–H and O–H groups in total. The largest absolute Gasteiger partial charge is 0.508 e. The van der Waals surface area contributed by atoms with E-state index in [4.69, 9.17) is 16.1 Å². The van der Waals surface area contributed by atoms with E-state index in [1.54, 1.807) is 0 Å². The molecular formula is C35H35F3N6O3S. The van der Waals surface area contributed by atoms with Gasteiger partial charge in [-0.25, -0.2) is 17.4 Å². The van der Waals surface area contributed by atoms with Crippen LogP contribution in [0.5, 0.6) is 11.8 Å². The Morgan fingerprint density at radius 3 is 2.67 bits per heavy atom. The molecule has 0 spiro atoms. The number of terminal acetylenes is 1. The molecule has 2 aromatic carbocycles. The fraction of sp³-hybridized carbons (Fsp3) is 0.486. The van der Waals surface area contributed by atoms with Crippen LogP contribution in [0, 0.1) is 18.2 Å². The Morgan fingerprint density at radius 2 is 1.92 bits per heavy atom. The number of piperazine rings is 1. The van der Waals surface area contributed by atoms with Crippen molar-refractivity contribution >= 4 is 39.1 Å². The number of hydrogen-bond acceptors (Lipinski definition) is 8. The summed E-state index contributed by atoms with van der Waals surface area (Å²) in [5.41, 5.74) is -0.671. The molecular weight excluding hydrogens is 641 g/mol. The highest BCUT2D eigenvalue weighted by molar-refractivity contribution is 7.83. The predicted octanol–water partition coefficient (Wildman–Crippen LogP) is 4.65. The molecule has 6 aliphatic rings. The fourth-order valence-corrected chi connectivity index (χ4v) is 10.3. The minimum Gasteiger partial charge on any atom is -0.508 e. The third kappa shape index (κ3) is 4.70. The average Bonchev–Trinajstić information content (AvgIpc) is 3.65. The smallest absolute Gasteiger partial charge is 0.319 e. The van der Waals surface area contributed by atoms with Crippen molar-refractivity contribution in [1.29, 1.82) is 0 Å². The van der Waals surface area contributed by atoms with E-state index in [1.807, 2.05) is 0 Å². The zero-order valence-corrected chi connectivity index (χ0v) is 27.0. The van der Waals surface area contributed by atoms with E-state index >= 15 is 8.78 Å². The van der Waals surface area contributed by atoms with Gasteiger partial charge in [0.25, 0.3) is 0 Å². The maximum Gasteiger partial charge on any atom is 0.319 e. The molecule has 9 rings (SSSR count). The molecule has 13 heteroatoms. The van der Waals surface area contributed by atoms with E-state index in [1.165, 1.54) is 28.6 Å². The monoisotopic (exact) mass is 676 g/mol. The van der Waals surface area contributed by atoms with E-state index in [0.717, 1.165) is 32.2 Å². The van der Waals surface area contributed by atoms with E-state index < -0.39 is 34.3 Å². The molecule has 1 saturated carbocycles. The number of alkyl halides is 1. The topological polar surface area (TPSA) is 94.1 Å². The summed E-state index contributed by atoms with van der Waals surface area (Å²) >= 11 is 0. The average molecular weight is 677 g/mol. The number of nitrogens with one attached hydrogen (secondary N) is 1. The summed E-state index contributed by atoms with van der Waals surface area (Å²) in [4.78, 5) is 13.7. The predicted molar refractivity (Wildman–Crippen MR) is 175 cm³/mol. The number of rotatable bonds is 6. The Kier molecular flexibility index (Phi) is 6.98. The van der Waals surface area contributed by atoms with Gasteiger partial charge in [0.1, 0.15) is 34.9 Å². The van der Waals surface area contributed by atoms with Gasteiger partial charge in [0.15, 0.2) is 22.6 Å². The van der Waals surface area contributed by atoms with E-state index in [0.29, 0.717) is 50.1 Å². The van der Waals surface area contributed by atoms with E-state index in [-0.39, 0.29) is 69.3 Å². The van der Waals surface area contributed by atoms with Crippen molar-refractivity contribution in [2.75, 3.05) is 37.7 Å². The Labute approximate surface area is 278 Å². The van der Waals surface area contributed by atoms with Crippen molar-refractivity contribution in [2.45, 2.75) is 79.7 Å². The molecule has 1 aromatic heterocycles. The SMILES string of the molecule is C#Cc1c(F)ccc2cc(O)cc(C3=C(F)c4nc(OC[C@@]56CCCN5C[C@H](F)C6)nc(N5CC6CCC(C5)N6)c4S(=O)N3C3CC3)c12. The Hall–Kier alpha value is -3.86.